The van der Waals surface area contributed by atoms with Crippen molar-refractivity contribution in [3.05, 3.63) is 83.2 Å². The second-order valence-electron chi connectivity index (χ2n) is 9.25. The minimum absolute atomic E-state index is 0.00271. The van der Waals surface area contributed by atoms with Crippen LogP contribution in [0.4, 0.5) is 17.1 Å². The molecule has 1 aromatic heterocycles. The summed E-state index contributed by atoms with van der Waals surface area (Å²) in [5.74, 6) is -0.0818. The van der Waals surface area contributed by atoms with Crippen molar-refractivity contribution in [2.75, 3.05) is 46.3 Å². The van der Waals surface area contributed by atoms with Crippen molar-refractivity contribution in [2.24, 2.45) is 0 Å². The van der Waals surface area contributed by atoms with Crippen molar-refractivity contribution in [3.8, 4) is 0 Å². The SMILES string of the molecule is Cc1ccc(C(=O)Nc2ccc3c(c2)CCN3C(=O)Cc2ccccn2)c(N2CCS(=O)(=O)CC2)c1. The number of carbonyl (C=O) groups excluding carboxylic acids is 2. The summed E-state index contributed by atoms with van der Waals surface area (Å²) >= 11 is 0. The van der Waals surface area contributed by atoms with Crippen LogP contribution in [-0.2, 0) is 27.5 Å². The fraction of sp³-hybridized carbons (Fsp3) is 0.296. The molecule has 0 spiro atoms. The highest BCUT2D eigenvalue weighted by Gasteiger charge is 2.27. The molecular formula is C27H28N4O4S. The van der Waals surface area contributed by atoms with E-state index in [2.05, 4.69) is 10.3 Å². The number of pyridine rings is 1. The molecule has 2 aliphatic heterocycles. The van der Waals surface area contributed by atoms with Crippen LogP contribution in [0.5, 0.6) is 0 Å². The van der Waals surface area contributed by atoms with Crippen LogP contribution in [0.2, 0.25) is 0 Å². The number of aromatic nitrogens is 1. The number of hydrogen-bond donors (Lipinski definition) is 1. The van der Waals surface area contributed by atoms with E-state index in [4.69, 9.17) is 0 Å². The summed E-state index contributed by atoms with van der Waals surface area (Å²) in [7, 11) is -3.02. The molecule has 2 aromatic carbocycles. The van der Waals surface area contributed by atoms with Crippen molar-refractivity contribution in [1.29, 1.82) is 0 Å². The van der Waals surface area contributed by atoms with Crippen LogP contribution in [-0.4, -0.2) is 56.4 Å². The lowest BCUT2D eigenvalue weighted by atomic mass is 10.1. The molecule has 0 aliphatic carbocycles. The molecule has 186 valence electrons. The highest BCUT2D eigenvalue weighted by molar-refractivity contribution is 7.91. The Morgan fingerprint density at radius 2 is 1.78 bits per heavy atom. The zero-order chi connectivity index (χ0) is 25.3. The van der Waals surface area contributed by atoms with Gasteiger partial charge in [0.15, 0.2) is 9.84 Å². The Hall–Kier alpha value is -3.72. The predicted molar refractivity (Wildman–Crippen MR) is 140 cm³/mol. The summed E-state index contributed by atoms with van der Waals surface area (Å²) in [6, 6.07) is 16.7. The Bertz CT molecular complexity index is 1410. The second kappa shape index (κ2) is 9.73. The molecule has 3 aromatic rings. The molecule has 0 unspecified atom stereocenters. The molecule has 1 N–H and O–H groups in total. The molecule has 2 aliphatic rings. The molecule has 0 atom stereocenters. The van der Waals surface area contributed by atoms with Gasteiger partial charge in [0.25, 0.3) is 5.91 Å². The Kier molecular flexibility index (Phi) is 6.49. The second-order valence-corrected chi connectivity index (χ2v) is 11.6. The molecule has 8 nitrogen and oxygen atoms in total. The Morgan fingerprint density at radius 3 is 2.53 bits per heavy atom. The third-order valence-electron chi connectivity index (χ3n) is 6.68. The Labute approximate surface area is 210 Å². The summed E-state index contributed by atoms with van der Waals surface area (Å²) < 4.78 is 23.7. The van der Waals surface area contributed by atoms with Crippen molar-refractivity contribution in [2.45, 2.75) is 19.8 Å². The van der Waals surface area contributed by atoms with Gasteiger partial charge in [-0.25, -0.2) is 8.42 Å². The predicted octanol–water partition coefficient (Wildman–Crippen LogP) is 3.01. The van der Waals surface area contributed by atoms with E-state index < -0.39 is 9.84 Å². The Morgan fingerprint density at radius 1 is 0.972 bits per heavy atom. The number of fused-ring (bicyclic) bond motifs is 1. The van der Waals surface area contributed by atoms with E-state index in [1.54, 1.807) is 17.2 Å². The largest absolute Gasteiger partial charge is 0.369 e. The molecule has 3 heterocycles. The fourth-order valence-electron chi connectivity index (χ4n) is 4.74. The molecule has 1 fully saturated rings. The highest BCUT2D eigenvalue weighted by atomic mass is 32.2. The van der Waals surface area contributed by atoms with E-state index in [-0.39, 0.29) is 29.7 Å². The normalized spacial score (nSPS) is 16.5. The number of nitrogens with zero attached hydrogens (tertiary/aromatic N) is 3. The average molecular weight is 505 g/mol. The average Bonchev–Trinajstić information content (AvgIpc) is 3.28. The van der Waals surface area contributed by atoms with Gasteiger partial charge < -0.3 is 15.1 Å². The number of anilines is 3. The number of aryl methyl sites for hydroxylation is 1. The van der Waals surface area contributed by atoms with Gasteiger partial charge in [0.05, 0.1) is 23.5 Å². The third-order valence-corrected chi connectivity index (χ3v) is 8.28. The van der Waals surface area contributed by atoms with Gasteiger partial charge in [0, 0.05) is 48.6 Å². The maximum absolute atomic E-state index is 13.3. The summed E-state index contributed by atoms with van der Waals surface area (Å²) in [4.78, 5) is 34.1. The topological polar surface area (TPSA) is 99.7 Å². The molecule has 0 saturated carbocycles. The van der Waals surface area contributed by atoms with Crippen LogP contribution < -0.4 is 15.1 Å². The number of sulfone groups is 1. The van der Waals surface area contributed by atoms with E-state index >= 15 is 0 Å². The first-order chi connectivity index (χ1) is 17.3. The van der Waals surface area contributed by atoms with Gasteiger partial charge in [-0.2, -0.15) is 0 Å². The van der Waals surface area contributed by atoms with Crippen molar-refractivity contribution >= 4 is 38.7 Å². The van der Waals surface area contributed by atoms with E-state index in [1.165, 1.54) is 0 Å². The van der Waals surface area contributed by atoms with Crippen LogP contribution in [0, 0.1) is 6.92 Å². The van der Waals surface area contributed by atoms with Crippen LogP contribution in [0.1, 0.15) is 27.2 Å². The van der Waals surface area contributed by atoms with Gasteiger partial charge in [0.1, 0.15) is 0 Å². The van der Waals surface area contributed by atoms with Crippen LogP contribution in [0.15, 0.2) is 60.8 Å². The lowest BCUT2D eigenvalue weighted by molar-refractivity contribution is -0.117. The minimum atomic E-state index is -3.02. The van der Waals surface area contributed by atoms with Gasteiger partial charge in [-0.15, -0.1) is 0 Å². The van der Waals surface area contributed by atoms with Crippen LogP contribution >= 0.6 is 0 Å². The maximum Gasteiger partial charge on any atom is 0.257 e. The number of rotatable bonds is 5. The quantitative estimate of drug-likeness (QED) is 0.574. The zero-order valence-corrected chi connectivity index (χ0v) is 20.9. The molecule has 0 bridgehead atoms. The van der Waals surface area contributed by atoms with E-state index in [1.807, 2.05) is 60.4 Å². The van der Waals surface area contributed by atoms with E-state index in [0.29, 0.717) is 37.3 Å². The molecule has 5 rings (SSSR count). The number of nitrogens with one attached hydrogen (secondary N) is 1. The lowest BCUT2D eigenvalue weighted by Gasteiger charge is -2.30. The van der Waals surface area contributed by atoms with E-state index in [9.17, 15) is 18.0 Å². The maximum atomic E-state index is 13.3. The van der Waals surface area contributed by atoms with E-state index in [0.717, 1.165) is 28.2 Å². The van der Waals surface area contributed by atoms with Crippen molar-refractivity contribution < 1.29 is 18.0 Å². The number of hydrogen-bond acceptors (Lipinski definition) is 6. The Balaban J connectivity index is 1.31. The smallest absolute Gasteiger partial charge is 0.257 e. The fourth-order valence-corrected chi connectivity index (χ4v) is 5.94. The van der Waals surface area contributed by atoms with Crippen molar-refractivity contribution in [1.82, 2.24) is 4.98 Å². The number of benzene rings is 2. The first kappa shape index (κ1) is 24.0. The number of carbonyl (C=O) groups is 2. The molecule has 2 amide bonds. The van der Waals surface area contributed by atoms with Crippen LogP contribution in [0.3, 0.4) is 0 Å². The molecule has 9 heteroatoms. The minimum Gasteiger partial charge on any atom is -0.369 e. The highest BCUT2D eigenvalue weighted by Crippen LogP contribution is 2.32. The molecule has 1 saturated heterocycles. The monoisotopic (exact) mass is 504 g/mol. The summed E-state index contributed by atoms with van der Waals surface area (Å²) in [5.41, 5.74) is 5.52. The van der Waals surface area contributed by atoms with Gasteiger partial charge >= 0.3 is 0 Å². The molecule has 36 heavy (non-hydrogen) atoms. The van der Waals surface area contributed by atoms with Crippen LogP contribution in [0.25, 0.3) is 0 Å². The molecular weight excluding hydrogens is 476 g/mol. The van der Waals surface area contributed by atoms with Crippen molar-refractivity contribution in [3.63, 3.8) is 0 Å². The third kappa shape index (κ3) is 5.11. The van der Waals surface area contributed by atoms with Gasteiger partial charge in [-0.3, -0.25) is 14.6 Å². The lowest BCUT2D eigenvalue weighted by Crippen LogP contribution is -2.41. The van der Waals surface area contributed by atoms with Gasteiger partial charge in [0.2, 0.25) is 5.91 Å². The first-order valence-electron chi connectivity index (χ1n) is 12.0. The first-order valence-corrected chi connectivity index (χ1v) is 13.8. The standard InChI is InChI=1S/C27H28N4O4S/c1-19-5-7-23(25(16-19)30-12-14-36(34,35)15-13-30)27(33)29-22-6-8-24-20(17-22)9-11-31(24)26(32)18-21-4-2-3-10-28-21/h2-8,10,16-17H,9,11-15,18H2,1H3,(H,29,33). The molecule has 0 radical (unpaired) electrons. The summed E-state index contributed by atoms with van der Waals surface area (Å²) in [6.07, 6.45) is 2.64. The summed E-state index contributed by atoms with van der Waals surface area (Å²) in [6.45, 7) is 3.28. The number of amides is 2. The van der Waals surface area contributed by atoms with Gasteiger partial charge in [-0.05, 0) is 66.9 Å². The van der Waals surface area contributed by atoms with Gasteiger partial charge in [-0.1, -0.05) is 12.1 Å². The summed E-state index contributed by atoms with van der Waals surface area (Å²) in [5, 5.41) is 2.99. The zero-order valence-electron chi connectivity index (χ0n) is 20.1.